The number of epoxide rings is 2. The maximum atomic E-state index is 12.6. The number of ether oxygens (including phenoxy) is 5. The van der Waals surface area contributed by atoms with Gasteiger partial charge in [0.1, 0.15) is 17.2 Å². The molecule has 6 nitrogen and oxygen atoms in total. The number of aryl methyl sites for hydroxylation is 2. The number of benzene rings is 2. The molecule has 0 aromatic heterocycles. The van der Waals surface area contributed by atoms with Crippen molar-refractivity contribution >= 4 is 5.97 Å². The maximum Gasteiger partial charge on any atom is 0.343 e. The molecule has 2 fully saturated rings. The molecule has 0 spiro atoms. The highest BCUT2D eigenvalue weighted by Gasteiger charge is 2.22. The first-order valence-electron chi connectivity index (χ1n) is 11.0. The SMILES string of the molecule is Cc1cc(OC(=O)c2ccc(OCCCC3CO3)c(C)c2)ccc1OCCCC1CO1. The van der Waals surface area contributed by atoms with Gasteiger partial charge in [0.25, 0.3) is 0 Å². The van der Waals surface area contributed by atoms with Crippen LogP contribution in [-0.4, -0.2) is 44.6 Å². The van der Waals surface area contributed by atoms with Crippen molar-refractivity contribution in [2.45, 2.75) is 51.7 Å². The molecule has 4 rings (SSSR count). The molecule has 2 saturated heterocycles. The molecule has 2 aromatic carbocycles. The minimum Gasteiger partial charge on any atom is -0.493 e. The van der Waals surface area contributed by atoms with Crippen LogP contribution in [0.2, 0.25) is 0 Å². The molecular formula is C25H30O6. The van der Waals surface area contributed by atoms with Crippen LogP contribution in [0.15, 0.2) is 36.4 Å². The summed E-state index contributed by atoms with van der Waals surface area (Å²) in [5, 5.41) is 0. The largest absolute Gasteiger partial charge is 0.493 e. The number of carbonyl (C=O) groups excluding carboxylic acids is 1. The van der Waals surface area contributed by atoms with Gasteiger partial charge in [-0.15, -0.1) is 0 Å². The standard InChI is InChI=1S/C25H30O6/c1-17-13-19(7-9-23(17)27-11-3-5-21-15-29-21)25(26)31-20-8-10-24(18(2)14-20)28-12-4-6-22-16-30-22/h7-10,13-14,21-22H,3-6,11-12,15-16H2,1-2H3. The van der Waals surface area contributed by atoms with E-state index in [0.29, 0.717) is 36.7 Å². The average molecular weight is 427 g/mol. The molecule has 2 atom stereocenters. The molecule has 0 radical (unpaired) electrons. The van der Waals surface area contributed by atoms with Gasteiger partial charge in [-0.05, 0) is 87.1 Å². The molecule has 6 heteroatoms. The summed E-state index contributed by atoms with van der Waals surface area (Å²) in [7, 11) is 0. The highest BCUT2D eigenvalue weighted by atomic mass is 16.6. The van der Waals surface area contributed by atoms with E-state index < -0.39 is 5.97 Å². The molecule has 0 aliphatic carbocycles. The smallest absolute Gasteiger partial charge is 0.343 e. The van der Waals surface area contributed by atoms with Gasteiger partial charge in [-0.25, -0.2) is 4.79 Å². The summed E-state index contributed by atoms with van der Waals surface area (Å²) >= 11 is 0. The van der Waals surface area contributed by atoms with Gasteiger partial charge in [-0.2, -0.15) is 0 Å². The van der Waals surface area contributed by atoms with Gasteiger partial charge in [0.2, 0.25) is 0 Å². The Bertz CT molecular complexity index is 901. The van der Waals surface area contributed by atoms with Crippen LogP contribution in [0.25, 0.3) is 0 Å². The van der Waals surface area contributed by atoms with Crippen molar-refractivity contribution in [3.05, 3.63) is 53.1 Å². The van der Waals surface area contributed by atoms with E-state index in [1.807, 2.05) is 32.0 Å². The van der Waals surface area contributed by atoms with Crippen LogP contribution >= 0.6 is 0 Å². The van der Waals surface area contributed by atoms with Crippen LogP contribution in [0.1, 0.15) is 47.2 Å². The third kappa shape index (κ3) is 6.71. The summed E-state index contributed by atoms with van der Waals surface area (Å²) in [5.41, 5.74) is 2.34. The third-order valence-electron chi connectivity index (χ3n) is 5.43. The Kier molecular flexibility index (Phi) is 7.10. The Morgan fingerprint density at radius 2 is 1.42 bits per heavy atom. The number of hydrogen-bond acceptors (Lipinski definition) is 6. The third-order valence-corrected chi connectivity index (χ3v) is 5.43. The van der Waals surface area contributed by atoms with Crippen LogP contribution < -0.4 is 14.2 Å². The number of carbonyl (C=O) groups is 1. The Morgan fingerprint density at radius 3 is 1.94 bits per heavy atom. The fourth-order valence-electron chi connectivity index (χ4n) is 3.41. The fraction of sp³-hybridized carbons (Fsp3) is 0.480. The molecule has 2 aliphatic heterocycles. The zero-order chi connectivity index (χ0) is 21.6. The molecule has 2 aliphatic rings. The highest BCUT2D eigenvalue weighted by Crippen LogP contribution is 2.26. The van der Waals surface area contributed by atoms with Gasteiger partial charge in [0.05, 0.1) is 44.2 Å². The molecule has 0 N–H and O–H groups in total. The van der Waals surface area contributed by atoms with Crippen LogP contribution in [0.5, 0.6) is 17.2 Å². The summed E-state index contributed by atoms with van der Waals surface area (Å²) in [6.07, 6.45) is 4.85. The number of esters is 1. The van der Waals surface area contributed by atoms with Gasteiger partial charge in [-0.3, -0.25) is 0 Å². The summed E-state index contributed by atoms with van der Waals surface area (Å²) < 4.78 is 27.6. The van der Waals surface area contributed by atoms with Crippen molar-refractivity contribution in [2.24, 2.45) is 0 Å². The van der Waals surface area contributed by atoms with E-state index in [9.17, 15) is 4.79 Å². The lowest BCUT2D eigenvalue weighted by Gasteiger charge is -2.12. The van der Waals surface area contributed by atoms with Gasteiger partial charge >= 0.3 is 5.97 Å². The zero-order valence-electron chi connectivity index (χ0n) is 18.2. The van der Waals surface area contributed by atoms with Gasteiger partial charge < -0.3 is 23.7 Å². The first kappa shape index (κ1) is 21.7. The minimum atomic E-state index is -0.391. The highest BCUT2D eigenvalue weighted by molar-refractivity contribution is 5.91. The lowest BCUT2D eigenvalue weighted by molar-refractivity contribution is 0.0734. The Morgan fingerprint density at radius 1 is 0.871 bits per heavy atom. The molecule has 31 heavy (non-hydrogen) atoms. The molecule has 166 valence electrons. The second-order valence-electron chi connectivity index (χ2n) is 8.19. The summed E-state index contributed by atoms with van der Waals surface area (Å²) in [5.74, 6) is 1.71. The number of hydrogen-bond donors (Lipinski definition) is 0. The topological polar surface area (TPSA) is 69.8 Å². The van der Waals surface area contributed by atoms with Crippen LogP contribution in [0, 0.1) is 13.8 Å². The van der Waals surface area contributed by atoms with Gasteiger partial charge in [0, 0.05) is 0 Å². The maximum absolute atomic E-state index is 12.6. The summed E-state index contributed by atoms with van der Waals surface area (Å²) in [6.45, 7) is 6.93. The first-order valence-corrected chi connectivity index (χ1v) is 11.0. The van der Waals surface area contributed by atoms with Crippen LogP contribution in [0.4, 0.5) is 0 Å². The summed E-state index contributed by atoms with van der Waals surface area (Å²) in [6, 6.07) is 10.8. The molecule has 0 amide bonds. The average Bonchev–Trinajstić information content (AvgIpc) is 3.66. The lowest BCUT2D eigenvalue weighted by Crippen LogP contribution is -2.09. The Balaban J connectivity index is 1.26. The van der Waals surface area contributed by atoms with E-state index in [4.69, 9.17) is 23.7 Å². The van der Waals surface area contributed by atoms with Crippen LogP contribution in [-0.2, 0) is 9.47 Å². The fourth-order valence-corrected chi connectivity index (χ4v) is 3.41. The first-order chi connectivity index (χ1) is 15.1. The van der Waals surface area contributed by atoms with E-state index in [1.54, 1.807) is 18.2 Å². The van der Waals surface area contributed by atoms with Crippen molar-refractivity contribution < 1.29 is 28.5 Å². The Labute approximate surface area is 183 Å². The predicted molar refractivity (Wildman–Crippen MR) is 116 cm³/mol. The molecule has 0 bridgehead atoms. The van der Waals surface area contributed by atoms with E-state index in [-0.39, 0.29) is 0 Å². The second kappa shape index (κ2) is 10.2. The van der Waals surface area contributed by atoms with E-state index in [1.165, 1.54) is 0 Å². The molecule has 2 aromatic rings. The van der Waals surface area contributed by atoms with Crippen molar-refractivity contribution in [3.8, 4) is 17.2 Å². The molecule has 2 unspecified atom stereocenters. The van der Waals surface area contributed by atoms with E-state index in [2.05, 4.69) is 0 Å². The summed E-state index contributed by atoms with van der Waals surface area (Å²) in [4.78, 5) is 12.6. The normalized spacial score (nSPS) is 19.0. The second-order valence-corrected chi connectivity index (χ2v) is 8.19. The monoisotopic (exact) mass is 426 g/mol. The van der Waals surface area contributed by atoms with E-state index >= 15 is 0 Å². The predicted octanol–water partition coefficient (Wildman–Crippen LogP) is 4.64. The Hall–Kier alpha value is -2.57. The van der Waals surface area contributed by atoms with Crippen molar-refractivity contribution in [1.29, 1.82) is 0 Å². The number of rotatable bonds is 12. The minimum absolute atomic E-state index is 0.391. The van der Waals surface area contributed by atoms with E-state index in [0.717, 1.165) is 61.5 Å². The quantitative estimate of drug-likeness (QED) is 0.213. The van der Waals surface area contributed by atoms with Crippen molar-refractivity contribution in [3.63, 3.8) is 0 Å². The van der Waals surface area contributed by atoms with Crippen LogP contribution in [0.3, 0.4) is 0 Å². The van der Waals surface area contributed by atoms with Gasteiger partial charge in [0.15, 0.2) is 0 Å². The molecule has 0 saturated carbocycles. The van der Waals surface area contributed by atoms with Crippen molar-refractivity contribution in [2.75, 3.05) is 26.4 Å². The van der Waals surface area contributed by atoms with Gasteiger partial charge in [-0.1, -0.05) is 0 Å². The molecule has 2 heterocycles. The zero-order valence-corrected chi connectivity index (χ0v) is 18.2. The van der Waals surface area contributed by atoms with Crippen molar-refractivity contribution in [1.82, 2.24) is 0 Å². The lowest BCUT2D eigenvalue weighted by atomic mass is 10.1. The molecular weight excluding hydrogens is 396 g/mol.